The first-order valence-corrected chi connectivity index (χ1v) is 14.7. The van der Waals surface area contributed by atoms with Crippen molar-refractivity contribution >= 4 is 11.1 Å². The predicted octanol–water partition coefficient (Wildman–Crippen LogP) is 10.5. The number of nitrogens with zero attached hydrogens (tertiary/aromatic N) is 3. The maximum absolute atomic E-state index is 4.85. The minimum absolute atomic E-state index is 0. The fourth-order valence-electron chi connectivity index (χ4n) is 4.19. The second-order valence-corrected chi connectivity index (χ2v) is 9.82. The van der Waals surface area contributed by atoms with Crippen LogP contribution in [0.3, 0.4) is 0 Å². The van der Waals surface area contributed by atoms with Crippen molar-refractivity contribution in [3.05, 3.63) is 176 Å². The first kappa shape index (κ1) is 34.7. The zero-order valence-corrected chi connectivity index (χ0v) is 28.1. The molecule has 0 amide bonds. The van der Waals surface area contributed by atoms with E-state index in [4.69, 9.17) is 4.98 Å². The van der Waals surface area contributed by atoms with Crippen molar-refractivity contribution in [3.8, 4) is 33.8 Å². The molecule has 0 saturated heterocycles. The van der Waals surface area contributed by atoms with Crippen molar-refractivity contribution in [2.24, 2.45) is 0 Å². The van der Waals surface area contributed by atoms with E-state index in [2.05, 4.69) is 73.4 Å². The first-order valence-electron chi connectivity index (χ1n) is 14.7. The van der Waals surface area contributed by atoms with E-state index in [-0.39, 0.29) is 20.1 Å². The summed E-state index contributed by atoms with van der Waals surface area (Å²) in [6.45, 7) is 12.6. The molecule has 0 aliphatic rings. The number of rotatable bonds is 7. The third-order valence-electron chi connectivity index (χ3n) is 6.78. The molecule has 45 heavy (non-hydrogen) atoms. The van der Waals surface area contributed by atoms with Gasteiger partial charge in [-0.25, -0.2) is 11.1 Å². The second kappa shape index (κ2) is 18.8. The third kappa shape index (κ3) is 10.7. The van der Waals surface area contributed by atoms with Crippen LogP contribution in [-0.2, 0) is 20.1 Å². The normalized spacial score (nSPS) is 9.73. The molecule has 0 atom stereocenters. The largest absolute Gasteiger partial charge is 3.00 e. The summed E-state index contributed by atoms with van der Waals surface area (Å²) >= 11 is 0. The van der Waals surface area contributed by atoms with Gasteiger partial charge in [0.2, 0.25) is 0 Å². The average molecular weight is 763 g/mol. The van der Waals surface area contributed by atoms with Crippen LogP contribution in [0, 0.1) is 18.2 Å². The topological polar surface area (TPSA) is 38.7 Å². The summed E-state index contributed by atoms with van der Waals surface area (Å²) in [5.74, 6) is 0. The van der Waals surface area contributed by atoms with Crippen LogP contribution in [0.4, 0.5) is 0 Å². The van der Waals surface area contributed by atoms with Crippen molar-refractivity contribution in [1.29, 1.82) is 0 Å². The van der Waals surface area contributed by atoms with E-state index in [0.29, 0.717) is 0 Å². The fourth-order valence-corrected chi connectivity index (χ4v) is 4.19. The van der Waals surface area contributed by atoms with Crippen LogP contribution >= 0.6 is 0 Å². The Morgan fingerprint density at radius 3 is 1.53 bits per heavy atom. The van der Waals surface area contributed by atoms with E-state index < -0.39 is 0 Å². The molecule has 0 saturated carbocycles. The summed E-state index contributed by atoms with van der Waals surface area (Å²) in [7, 11) is 0. The van der Waals surface area contributed by atoms with Gasteiger partial charge in [-0.1, -0.05) is 39.1 Å². The van der Waals surface area contributed by atoms with Gasteiger partial charge in [0, 0.05) is 18.6 Å². The van der Waals surface area contributed by atoms with Gasteiger partial charge >= 0.3 is 20.1 Å². The van der Waals surface area contributed by atoms with E-state index in [1.165, 1.54) is 0 Å². The van der Waals surface area contributed by atoms with E-state index in [1.807, 2.05) is 103 Å². The van der Waals surface area contributed by atoms with Gasteiger partial charge in [-0.2, -0.15) is 48.5 Å². The van der Waals surface area contributed by atoms with Gasteiger partial charge < -0.3 is 0 Å². The summed E-state index contributed by atoms with van der Waals surface area (Å²) in [4.78, 5) is 13.2. The summed E-state index contributed by atoms with van der Waals surface area (Å²) in [6, 6.07) is 47.2. The minimum Gasteiger partial charge on any atom is -0.295 e. The molecular weight excluding hydrogens is 727 g/mol. The molecule has 0 N–H and O–H groups in total. The summed E-state index contributed by atoms with van der Waals surface area (Å²) in [5, 5.41) is 0. The van der Waals surface area contributed by atoms with Crippen LogP contribution in [0.2, 0.25) is 0 Å². The molecule has 0 spiro atoms. The van der Waals surface area contributed by atoms with Crippen molar-refractivity contribution in [2.75, 3.05) is 0 Å². The Labute approximate surface area is 281 Å². The van der Waals surface area contributed by atoms with Gasteiger partial charge in [-0.15, -0.1) is 48.0 Å². The molecule has 6 rings (SSSR count). The van der Waals surface area contributed by atoms with Crippen LogP contribution in [0.5, 0.6) is 0 Å². The molecule has 0 aliphatic heterocycles. The number of hydrogen-bond donors (Lipinski definition) is 0. The first-order chi connectivity index (χ1) is 21.6. The molecule has 3 heterocycles. The van der Waals surface area contributed by atoms with Crippen molar-refractivity contribution in [1.82, 2.24) is 15.0 Å². The minimum atomic E-state index is 0. The summed E-state index contributed by atoms with van der Waals surface area (Å²) < 4.78 is 0. The van der Waals surface area contributed by atoms with Crippen LogP contribution in [0.25, 0.3) is 44.9 Å². The Bertz CT molecular complexity index is 1670. The van der Waals surface area contributed by atoms with Gasteiger partial charge in [-0.3, -0.25) is 15.0 Å². The Hall–Kier alpha value is -4.76. The zero-order chi connectivity index (χ0) is 31.0. The third-order valence-corrected chi connectivity index (χ3v) is 6.78. The maximum atomic E-state index is 4.85. The summed E-state index contributed by atoms with van der Waals surface area (Å²) in [6.07, 6.45) is 7.12. The molecule has 3 aromatic heterocycles. The molecule has 3 aromatic carbocycles. The Balaban J connectivity index is 0.000000238. The van der Waals surface area contributed by atoms with Gasteiger partial charge in [0.1, 0.15) is 0 Å². The number of benzene rings is 3. The molecule has 0 fully saturated rings. The molecule has 6 aromatic rings. The van der Waals surface area contributed by atoms with Gasteiger partial charge in [0.15, 0.2) is 0 Å². The number of hydrogen-bond acceptors (Lipinski definition) is 3. The standard InChI is InChI=1S/C24H23N2.C12H8.C5H5N.Ir/c1-5-17(3)20-12-13-25-23(14-20)24-16-21(18(4)6-2)15-22(26-24)19-10-8-7-9-11-19;1-3-7-11(8-4-1)12-9-5-2-6-10-12;1-2-4-6-5-3-1;/h7-10,12-16H,3-6H2,1-2H3;1-7,9H;1-5H;/q-1;-2;;+3. The molecule has 3 nitrogen and oxygen atoms in total. The molecular formula is C41H36IrN3. The van der Waals surface area contributed by atoms with E-state index in [1.54, 1.807) is 12.4 Å². The van der Waals surface area contributed by atoms with Crippen LogP contribution < -0.4 is 0 Å². The van der Waals surface area contributed by atoms with Crippen molar-refractivity contribution < 1.29 is 20.1 Å². The van der Waals surface area contributed by atoms with E-state index in [0.717, 1.165) is 68.9 Å². The van der Waals surface area contributed by atoms with E-state index >= 15 is 0 Å². The second-order valence-electron chi connectivity index (χ2n) is 9.82. The van der Waals surface area contributed by atoms with Crippen molar-refractivity contribution in [2.45, 2.75) is 26.7 Å². The SMILES string of the molecule is C=C(CC)c1ccnc(-c2cc(C(=C)CC)cc(-c3[c-]cccc3)n2)c1.[Ir+3].[c-]1ccccc1-c1[c-]cccc1.c1ccncc1. The van der Waals surface area contributed by atoms with Crippen LogP contribution in [0.1, 0.15) is 37.8 Å². The number of pyridine rings is 3. The van der Waals surface area contributed by atoms with Crippen LogP contribution in [0.15, 0.2) is 147 Å². The van der Waals surface area contributed by atoms with Gasteiger partial charge in [-0.05, 0) is 71.1 Å². The monoisotopic (exact) mass is 763 g/mol. The van der Waals surface area contributed by atoms with E-state index in [9.17, 15) is 0 Å². The molecule has 4 heteroatoms. The molecule has 0 radical (unpaired) electrons. The zero-order valence-electron chi connectivity index (χ0n) is 25.7. The Morgan fingerprint density at radius 1 is 0.556 bits per heavy atom. The molecule has 0 unspecified atom stereocenters. The van der Waals surface area contributed by atoms with Crippen molar-refractivity contribution in [3.63, 3.8) is 0 Å². The van der Waals surface area contributed by atoms with Gasteiger partial charge in [0.05, 0.1) is 11.4 Å². The maximum Gasteiger partial charge on any atom is 3.00 e. The fraction of sp³-hybridized carbons (Fsp3) is 0.0976. The quantitative estimate of drug-likeness (QED) is 0.152. The number of aromatic nitrogens is 3. The number of allylic oxidation sites excluding steroid dienone is 2. The molecule has 0 aliphatic carbocycles. The Morgan fingerprint density at radius 2 is 1.07 bits per heavy atom. The van der Waals surface area contributed by atoms with Crippen LogP contribution in [-0.4, -0.2) is 15.0 Å². The smallest absolute Gasteiger partial charge is 0.295 e. The summed E-state index contributed by atoms with van der Waals surface area (Å²) in [5.41, 5.74) is 10.1. The molecule has 0 bridgehead atoms. The predicted molar refractivity (Wildman–Crippen MR) is 184 cm³/mol. The average Bonchev–Trinajstić information content (AvgIpc) is 3.13. The Kier molecular flexibility index (Phi) is 14.5. The van der Waals surface area contributed by atoms with Gasteiger partial charge in [0.25, 0.3) is 0 Å². The molecule has 224 valence electrons.